The van der Waals surface area contributed by atoms with E-state index in [1.165, 1.54) is 0 Å². The highest BCUT2D eigenvalue weighted by Crippen LogP contribution is 2.04. The first kappa shape index (κ1) is 30.0. The lowest BCUT2D eigenvalue weighted by Crippen LogP contribution is -2.43. The maximum atomic E-state index is 3.55. The van der Waals surface area contributed by atoms with Crippen molar-refractivity contribution in [3.8, 4) is 0 Å². The van der Waals surface area contributed by atoms with Crippen LogP contribution in [0.2, 0.25) is 0 Å². The molecule has 0 amide bonds. The quantitative estimate of drug-likeness (QED) is 0.381. The molecule has 0 spiro atoms. The van der Waals surface area contributed by atoms with Gasteiger partial charge in [-0.3, -0.25) is 9.80 Å². The van der Waals surface area contributed by atoms with Crippen LogP contribution in [-0.4, -0.2) is 98.3 Å². The van der Waals surface area contributed by atoms with Gasteiger partial charge < -0.3 is 15.5 Å². The van der Waals surface area contributed by atoms with Crippen molar-refractivity contribution in [1.29, 1.82) is 0 Å². The van der Waals surface area contributed by atoms with Gasteiger partial charge in [0.2, 0.25) is 0 Å². The van der Waals surface area contributed by atoms with Gasteiger partial charge in [-0.2, -0.15) is 0 Å². The van der Waals surface area contributed by atoms with Crippen LogP contribution in [0.1, 0.15) is 72.1 Å². The molecule has 0 unspecified atom stereocenters. The Kier molecular flexibility index (Phi) is 20.1. The van der Waals surface area contributed by atoms with Crippen LogP contribution in [0.3, 0.4) is 0 Å². The zero-order valence-electron chi connectivity index (χ0n) is 21.3. The molecule has 0 rings (SSSR count). The Labute approximate surface area is 181 Å². The molecule has 5 nitrogen and oxygen atoms in total. The van der Waals surface area contributed by atoms with Crippen molar-refractivity contribution < 1.29 is 2.85 Å². The van der Waals surface area contributed by atoms with Crippen LogP contribution in [-0.2, 0) is 0 Å². The van der Waals surface area contributed by atoms with Gasteiger partial charge in [-0.15, -0.1) is 0 Å². The molecule has 5 heteroatoms. The van der Waals surface area contributed by atoms with Gasteiger partial charge in [0.15, 0.2) is 0 Å². The maximum absolute atomic E-state index is 3.55. The van der Waals surface area contributed by atoms with Crippen molar-refractivity contribution in [2.24, 2.45) is 0 Å². The normalized spacial score (nSPS) is 12.2. The number of hydrogen-bond acceptors (Lipinski definition) is 5. The van der Waals surface area contributed by atoms with Gasteiger partial charge in [0, 0.05) is 79.4 Å². The van der Waals surface area contributed by atoms with E-state index in [-0.39, 0.29) is 2.85 Å². The van der Waals surface area contributed by atoms with Gasteiger partial charge in [-0.1, -0.05) is 13.8 Å². The summed E-state index contributed by atoms with van der Waals surface area (Å²) in [6.45, 7) is 31.0. The third-order valence-corrected chi connectivity index (χ3v) is 5.09. The van der Waals surface area contributed by atoms with Crippen LogP contribution in [0.25, 0.3) is 0 Å². The summed E-state index contributed by atoms with van der Waals surface area (Å²) in [5.74, 6) is 0. The molecule has 28 heavy (non-hydrogen) atoms. The average molecular weight is 406 g/mol. The van der Waals surface area contributed by atoms with E-state index in [2.05, 4.69) is 87.8 Å². The Balaban J connectivity index is -0.000000817. The standard InChI is InChI=1S/C21H49N5.C2H6.2H2/c1-18(2)25(19(3)4)15-13-23-11-10-22-12-14-24(9)16-17-26(20(5)6)21(7)8;1-2;;/h18-23H,10-17H2,1-9H3;1-2H3;2*1H. The molecule has 0 aromatic carbocycles. The molecule has 0 atom stereocenters. The summed E-state index contributed by atoms with van der Waals surface area (Å²) in [6, 6.07) is 2.48. The molecule has 176 valence electrons. The second kappa shape index (κ2) is 18.8. The number of hydrogen-bond donors (Lipinski definition) is 2. The molecule has 0 aliphatic heterocycles. The molecule has 0 saturated heterocycles. The Hall–Kier alpha value is -0.200. The average Bonchev–Trinajstić information content (AvgIpc) is 2.60. The Morgan fingerprint density at radius 3 is 1.29 bits per heavy atom. The van der Waals surface area contributed by atoms with Gasteiger partial charge in [0.05, 0.1) is 0 Å². The van der Waals surface area contributed by atoms with Gasteiger partial charge in [0.25, 0.3) is 0 Å². The summed E-state index contributed by atoms with van der Waals surface area (Å²) in [5, 5.41) is 7.11. The molecule has 0 heterocycles. The van der Waals surface area contributed by atoms with E-state index >= 15 is 0 Å². The monoisotopic (exact) mass is 405 g/mol. The van der Waals surface area contributed by atoms with Gasteiger partial charge >= 0.3 is 0 Å². The zero-order valence-corrected chi connectivity index (χ0v) is 21.3. The maximum Gasteiger partial charge on any atom is 0.0115 e. The summed E-state index contributed by atoms with van der Waals surface area (Å²) in [7, 11) is 2.23. The van der Waals surface area contributed by atoms with E-state index in [0.717, 1.165) is 52.4 Å². The summed E-state index contributed by atoms with van der Waals surface area (Å²) in [6.07, 6.45) is 0. The van der Waals surface area contributed by atoms with E-state index < -0.39 is 0 Å². The first-order valence-corrected chi connectivity index (χ1v) is 11.8. The zero-order chi connectivity index (χ0) is 22.1. The summed E-state index contributed by atoms with van der Waals surface area (Å²) in [4.78, 5) is 7.53. The van der Waals surface area contributed by atoms with Crippen molar-refractivity contribution in [2.75, 3.05) is 59.4 Å². The Morgan fingerprint density at radius 1 is 0.536 bits per heavy atom. The van der Waals surface area contributed by atoms with Crippen molar-refractivity contribution in [2.45, 2.75) is 93.4 Å². The number of rotatable bonds is 16. The largest absolute Gasteiger partial charge is 0.314 e. The molecular weight excluding hydrogens is 346 g/mol. The molecule has 0 aromatic rings. The molecule has 0 aliphatic rings. The van der Waals surface area contributed by atoms with Crippen LogP contribution in [0.4, 0.5) is 0 Å². The highest BCUT2D eigenvalue weighted by Gasteiger charge is 2.13. The lowest BCUT2D eigenvalue weighted by Gasteiger charge is -2.32. The van der Waals surface area contributed by atoms with Gasteiger partial charge in [-0.25, -0.2) is 0 Å². The molecule has 0 fully saturated rings. The van der Waals surface area contributed by atoms with Gasteiger partial charge in [-0.05, 0) is 62.4 Å². The molecule has 0 aromatic heterocycles. The second-order valence-corrected chi connectivity index (χ2v) is 8.65. The highest BCUT2D eigenvalue weighted by molar-refractivity contribution is 4.70. The van der Waals surface area contributed by atoms with Crippen molar-refractivity contribution in [3.63, 3.8) is 0 Å². The van der Waals surface area contributed by atoms with Crippen LogP contribution in [0.5, 0.6) is 0 Å². The van der Waals surface area contributed by atoms with Crippen molar-refractivity contribution in [3.05, 3.63) is 0 Å². The van der Waals surface area contributed by atoms with E-state index in [1.807, 2.05) is 13.8 Å². The van der Waals surface area contributed by atoms with Crippen molar-refractivity contribution >= 4 is 0 Å². The number of nitrogens with one attached hydrogen (secondary N) is 2. The van der Waals surface area contributed by atoms with E-state index in [9.17, 15) is 0 Å². The van der Waals surface area contributed by atoms with Crippen molar-refractivity contribution in [1.82, 2.24) is 25.3 Å². The van der Waals surface area contributed by atoms with Crippen LogP contribution >= 0.6 is 0 Å². The smallest absolute Gasteiger partial charge is 0.0115 e. The molecule has 0 aliphatic carbocycles. The lowest BCUT2D eigenvalue weighted by molar-refractivity contribution is 0.152. The predicted octanol–water partition coefficient (Wildman–Crippen LogP) is 3.85. The predicted molar refractivity (Wildman–Crippen MR) is 133 cm³/mol. The minimum Gasteiger partial charge on any atom is -0.314 e. The SMILES string of the molecule is CC.CC(C)N(CCNCCNCCN(C)CCN(C(C)C)C(C)C)C(C)C.[HH].[HH]. The topological polar surface area (TPSA) is 33.8 Å². The number of likely N-dealkylation sites (N-methyl/N-ethyl adjacent to an activating group) is 1. The summed E-state index contributed by atoms with van der Waals surface area (Å²) < 4.78 is 0. The van der Waals surface area contributed by atoms with Crippen LogP contribution in [0.15, 0.2) is 0 Å². The lowest BCUT2D eigenvalue weighted by atomic mass is 10.2. The van der Waals surface area contributed by atoms with E-state index in [4.69, 9.17) is 0 Å². The molecule has 2 N–H and O–H groups in total. The van der Waals surface area contributed by atoms with E-state index in [0.29, 0.717) is 24.2 Å². The Bertz CT molecular complexity index is 313. The van der Waals surface area contributed by atoms with Crippen LogP contribution < -0.4 is 10.6 Å². The Morgan fingerprint density at radius 2 is 0.893 bits per heavy atom. The minimum absolute atomic E-state index is 0. The van der Waals surface area contributed by atoms with Crippen LogP contribution in [0, 0.1) is 0 Å². The molecule has 0 radical (unpaired) electrons. The number of nitrogens with zero attached hydrogens (tertiary/aromatic N) is 3. The fourth-order valence-corrected chi connectivity index (χ4v) is 3.53. The fourth-order valence-electron chi connectivity index (χ4n) is 3.53. The summed E-state index contributed by atoms with van der Waals surface area (Å²) in [5.41, 5.74) is 0. The molecule has 0 bridgehead atoms. The van der Waals surface area contributed by atoms with Gasteiger partial charge in [0.1, 0.15) is 0 Å². The fraction of sp³-hybridized carbons (Fsp3) is 1.00. The summed E-state index contributed by atoms with van der Waals surface area (Å²) >= 11 is 0. The first-order valence-electron chi connectivity index (χ1n) is 11.8. The third-order valence-electron chi connectivity index (χ3n) is 5.09. The molecular formula is C23H59N5. The van der Waals surface area contributed by atoms with E-state index in [1.54, 1.807) is 0 Å². The third kappa shape index (κ3) is 15.7. The first-order chi connectivity index (χ1) is 13.2. The highest BCUT2D eigenvalue weighted by atomic mass is 15.2. The second-order valence-electron chi connectivity index (χ2n) is 8.65. The molecule has 0 saturated carbocycles. The minimum atomic E-state index is 0.